The van der Waals surface area contributed by atoms with Crippen LogP contribution in [-0.4, -0.2) is 25.7 Å². The lowest BCUT2D eigenvalue weighted by Crippen LogP contribution is -2.19. The van der Waals surface area contributed by atoms with Crippen molar-refractivity contribution in [1.29, 1.82) is 0 Å². The van der Waals surface area contributed by atoms with Crippen LogP contribution >= 0.6 is 15.9 Å². The fourth-order valence-electron chi connectivity index (χ4n) is 2.23. The van der Waals surface area contributed by atoms with E-state index in [9.17, 15) is 4.79 Å². The Morgan fingerprint density at radius 1 is 1.41 bits per heavy atom. The molecule has 0 radical (unpaired) electrons. The maximum atomic E-state index is 12.1. The molecular formula is C15H16BrN5O. The number of fused-ring (bicyclic) bond motifs is 1. The molecule has 2 aromatic heterocycles. The maximum Gasteiger partial charge on any atom is 0.248 e. The van der Waals surface area contributed by atoms with Crippen molar-refractivity contribution in [2.24, 2.45) is 0 Å². The Morgan fingerprint density at radius 2 is 2.23 bits per heavy atom. The topological polar surface area (TPSA) is 75.6 Å². The van der Waals surface area contributed by atoms with Crippen LogP contribution in [0.25, 0.3) is 10.9 Å². The monoisotopic (exact) mass is 361 g/mol. The number of aromatic amines is 1. The van der Waals surface area contributed by atoms with E-state index >= 15 is 0 Å². The largest absolute Gasteiger partial charge is 0.338 e. The van der Waals surface area contributed by atoms with Crippen molar-refractivity contribution in [2.45, 2.75) is 26.3 Å². The zero-order chi connectivity index (χ0) is 15.7. The molecule has 2 heterocycles. The Balaban J connectivity index is 1.74. The van der Waals surface area contributed by atoms with E-state index in [0.717, 1.165) is 21.2 Å². The number of benzene rings is 1. The average Bonchev–Trinajstić information content (AvgIpc) is 3.07. The van der Waals surface area contributed by atoms with Gasteiger partial charge in [-0.25, -0.2) is 0 Å². The molecule has 0 fully saturated rings. The molecule has 3 rings (SSSR count). The van der Waals surface area contributed by atoms with Crippen molar-refractivity contribution in [3.63, 3.8) is 0 Å². The molecule has 2 N–H and O–H groups in total. The number of aromatic nitrogens is 4. The first-order valence-corrected chi connectivity index (χ1v) is 7.79. The molecule has 0 aliphatic carbocycles. The number of hydrogen-bond acceptors (Lipinski definition) is 3. The van der Waals surface area contributed by atoms with Crippen LogP contribution in [-0.2, 0) is 11.3 Å². The molecule has 0 saturated heterocycles. The summed E-state index contributed by atoms with van der Waals surface area (Å²) in [6.45, 7) is 4.23. The molecule has 0 aliphatic heterocycles. The molecular weight excluding hydrogens is 346 g/mol. The summed E-state index contributed by atoms with van der Waals surface area (Å²) < 4.78 is 2.91. The number of rotatable bonds is 4. The van der Waals surface area contributed by atoms with Crippen LogP contribution in [0.15, 0.2) is 34.9 Å². The lowest BCUT2D eigenvalue weighted by atomic mass is 10.2. The van der Waals surface area contributed by atoms with Gasteiger partial charge in [-0.2, -0.15) is 4.98 Å². The van der Waals surface area contributed by atoms with Gasteiger partial charge in [-0.15, -0.1) is 5.10 Å². The SMILES string of the molecule is CC(C)c1nc(NC(=O)Cn2ccc3c(Br)cccc32)n[nH]1. The summed E-state index contributed by atoms with van der Waals surface area (Å²) in [4.78, 5) is 16.4. The normalized spacial score (nSPS) is 11.3. The van der Waals surface area contributed by atoms with Crippen LogP contribution in [0, 0.1) is 0 Å². The van der Waals surface area contributed by atoms with E-state index in [2.05, 4.69) is 36.4 Å². The summed E-state index contributed by atoms with van der Waals surface area (Å²) >= 11 is 3.51. The lowest BCUT2D eigenvalue weighted by Gasteiger charge is -2.05. The first-order chi connectivity index (χ1) is 10.5. The quantitative estimate of drug-likeness (QED) is 0.748. The highest BCUT2D eigenvalue weighted by molar-refractivity contribution is 9.10. The fourth-order valence-corrected chi connectivity index (χ4v) is 2.72. The van der Waals surface area contributed by atoms with Crippen molar-refractivity contribution in [3.05, 3.63) is 40.8 Å². The van der Waals surface area contributed by atoms with Gasteiger partial charge in [0, 0.05) is 27.5 Å². The van der Waals surface area contributed by atoms with Crippen molar-refractivity contribution >= 4 is 38.7 Å². The van der Waals surface area contributed by atoms with Crippen LogP contribution in [0.1, 0.15) is 25.6 Å². The first-order valence-electron chi connectivity index (χ1n) is 7.00. The number of amides is 1. The van der Waals surface area contributed by atoms with E-state index in [4.69, 9.17) is 0 Å². The minimum Gasteiger partial charge on any atom is -0.338 e. The average molecular weight is 362 g/mol. The van der Waals surface area contributed by atoms with E-state index in [1.807, 2.05) is 48.9 Å². The molecule has 3 aromatic rings. The molecule has 0 spiro atoms. The maximum absolute atomic E-state index is 12.1. The zero-order valence-corrected chi connectivity index (χ0v) is 13.9. The number of anilines is 1. The third-order valence-electron chi connectivity index (χ3n) is 3.38. The Labute approximate surface area is 136 Å². The third kappa shape index (κ3) is 2.89. The molecule has 0 atom stereocenters. The van der Waals surface area contributed by atoms with Crippen LogP contribution in [0.2, 0.25) is 0 Å². The zero-order valence-electron chi connectivity index (χ0n) is 12.3. The highest BCUT2D eigenvalue weighted by atomic mass is 79.9. The number of nitrogens with zero attached hydrogens (tertiary/aromatic N) is 3. The van der Waals surface area contributed by atoms with Gasteiger partial charge in [0.05, 0.1) is 0 Å². The van der Waals surface area contributed by atoms with Crippen LogP contribution < -0.4 is 5.32 Å². The second-order valence-corrected chi connectivity index (χ2v) is 6.22. The predicted molar refractivity (Wildman–Crippen MR) is 88.7 cm³/mol. The number of carbonyl (C=O) groups excluding carboxylic acids is 1. The van der Waals surface area contributed by atoms with E-state index in [0.29, 0.717) is 5.95 Å². The van der Waals surface area contributed by atoms with Gasteiger partial charge >= 0.3 is 0 Å². The molecule has 0 saturated carbocycles. The molecule has 7 heteroatoms. The van der Waals surface area contributed by atoms with Crippen LogP contribution in [0.3, 0.4) is 0 Å². The first kappa shape index (κ1) is 14.8. The third-order valence-corrected chi connectivity index (χ3v) is 4.07. The fraction of sp³-hybridized carbons (Fsp3) is 0.267. The Morgan fingerprint density at radius 3 is 2.95 bits per heavy atom. The lowest BCUT2D eigenvalue weighted by molar-refractivity contribution is -0.116. The molecule has 1 aromatic carbocycles. The summed E-state index contributed by atoms with van der Waals surface area (Å²) in [5, 5.41) is 10.6. The van der Waals surface area contributed by atoms with Gasteiger partial charge in [0.15, 0.2) is 0 Å². The number of carbonyl (C=O) groups is 1. The Kier molecular flexibility index (Phi) is 3.98. The molecule has 114 valence electrons. The van der Waals surface area contributed by atoms with Crippen LogP contribution in [0.5, 0.6) is 0 Å². The van der Waals surface area contributed by atoms with Gasteiger partial charge in [0.1, 0.15) is 12.4 Å². The van der Waals surface area contributed by atoms with Crippen molar-refractivity contribution < 1.29 is 4.79 Å². The molecule has 0 aliphatic rings. The number of H-pyrrole nitrogens is 1. The highest BCUT2D eigenvalue weighted by Gasteiger charge is 2.11. The highest BCUT2D eigenvalue weighted by Crippen LogP contribution is 2.24. The van der Waals surface area contributed by atoms with E-state index in [-0.39, 0.29) is 18.4 Å². The Bertz CT molecular complexity index is 820. The number of nitrogens with one attached hydrogen (secondary N) is 2. The number of halogens is 1. The molecule has 1 amide bonds. The summed E-state index contributed by atoms with van der Waals surface area (Å²) in [7, 11) is 0. The van der Waals surface area contributed by atoms with Crippen molar-refractivity contribution in [2.75, 3.05) is 5.32 Å². The molecule has 0 unspecified atom stereocenters. The van der Waals surface area contributed by atoms with E-state index in [1.165, 1.54) is 0 Å². The van der Waals surface area contributed by atoms with E-state index in [1.54, 1.807) is 0 Å². The van der Waals surface area contributed by atoms with Gasteiger partial charge in [-0.1, -0.05) is 35.8 Å². The van der Waals surface area contributed by atoms with Crippen molar-refractivity contribution in [1.82, 2.24) is 19.7 Å². The minimum absolute atomic E-state index is 0.160. The van der Waals surface area contributed by atoms with Gasteiger partial charge in [0.25, 0.3) is 0 Å². The summed E-state index contributed by atoms with van der Waals surface area (Å²) in [5.74, 6) is 1.15. The summed E-state index contributed by atoms with van der Waals surface area (Å²) in [6, 6.07) is 7.90. The smallest absolute Gasteiger partial charge is 0.248 e. The minimum atomic E-state index is -0.160. The van der Waals surface area contributed by atoms with Gasteiger partial charge in [0.2, 0.25) is 11.9 Å². The van der Waals surface area contributed by atoms with Gasteiger partial charge in [-0.3, -0.25) is 15.2 Å². The van der Waals surface area contributed by atoms with Crippen molar-refractivity contribution in [3.8, 4) is 0 Å². The second kappa shape index (κ2) is 5.92. The van der Waals surface area contributed by atoms with Crippen LogP contribution in [0.4, 0.5) is 5.95 Å². The van der Waals surface area contributed by atoms with Gasteiger partial charge < -0.3 is 4.57 Å². The summed E-state index contributed by atoms with van der Waals surface area (Å²) in [5.41, 5.74) is 1.00. The summed E-state index contributed by atoms with van der Waals surface area (Å²) in [6.07, 6.45) is 1.90. The molecule has 6 nitrogen and oxygen atoms in total. The molecule has 0 bridgehead atoms. The molecule has 22 heavy (non-hydrogen) atoms. The Hall–Kier alpha value is -2.15. The predicted octanol–water partition coefficient (Wildman–Crippen LogP) is 3.28. The number of hydrogen-bond donors (Lipinski definition) is 2. The second-order valence-electron chi connectivity index (χ2n) is 5.36. The van der Waals surface area contributed by atoms with Gasteiger partial charge in [-0.05, 0) is 18.2 Å². The van der Waals surface area contributed by atoms with E-state index < -0.39 is 0 Å². The standard InChI is InChI=1S/C15H16BrN5O/c1-9(2)14-18-15(20-19-14)17-13(22)8-21-7-6-10-11(16)4-3-5-12(10)21/h3-7,9H,8H2,1-2H3,(H2,17,18,19,20,22).